The Labute approximate surface area is 116 Å². The number of carbonyl (C=O) groups excluding carboxylic acids is 1. The van der Waals surface area contributed by atoms with Crippen molar-refractivity contribution in [3.05, 3.63) is 27.7 Å². The molecule has 0 radical (unpaired) electrons. The number of hydrogen-bond donors (Lipinski definition) is 3. The van der Waals surface area contributed by atoms with Crippen LogP contribution in [0, 0.1) is 0 Å². The quantitative estimate of drug-likeness (QED) is 0.746. The number of carbonyl (C=O) groups is 1. The van der Waals surface area contributed by atoms with Gasteiger partial charge < -0.3 is 16.2 Å². The topological polar surface area (TPSA) is 75.3 Å². The maximum atomic E-state index is 11.8. The van der Waals surface area contributed by atoms with E-state index in [1.807, 2.05) is 6.92 Å². The number of benzene rings is 1. The molecular weight excluding hydrogens is 275 g/mol. The van der Waals surface area contributed by atoms with Crippen LogP contribution < -0.4 is 11.1 Å². The van der Waals surface area contributed by atoms with Crippen molar-refractivity contribution < 1.29 is 9.90 Å². The zero-order valence-electron chi connectivity index (χ0n) is 10.3. The fourth-order valence-corrected chi connectivity index (χ4v) is 1.70. The predicted octanol–water partition coefficient (Wildman–Crippen LogP) is 2.47. The van der Waals surface area contributed by atoms with Gasteiger partial charge in [-0.05, 0) is 25.5 Å². The van der Waals surface area contributed by atoms with Gasteiger partial charge in [0.25, 0.3) is 5.91 Å². The van der Waals surface area contributed by atoms with Crippen LogP contribution in [-0.4, -0.2) is 23.2 Å². The minimum Gasteiger partial charge on any atom is -0.396 e. The van der Waals surface area contributed by atoms with E-state index in [1.54, 1.807) is 6.92 Å². The van der Waals surface area contributed by atoms with Crippen LogP contribution in [0.15, 0.2) is 12.1 Å². The molecule has 0 spiro atoms. The molecule has 18 heavy (non-hydrogen) atoms. The molecule has 0 bridgehead atoms. The lowest BCUT2D eigenvalue weighted by Gasteiger charge is -2.21. The lowest BCUT2D eigenvalue weighted by molar-refractivity contribution is 0.0518. The molecule has 0 saturated carbocycles. The number of nitrogens with two attached hydrogens (primary N) is 1. The molecule has 1 rings (SSSR count). The number of rotatable bonds is 4. The first-order valence-corrected chi connectivity index (χ1v) is 6.27. The summed E-state index contributed by atoms with van der Waals surface area (Å²) in [5.41, 5.74) is 5.20. The third-order valence-electron chi connectivity index (χ3n) is 2.73. The third kappa shape index (κ3) is 3.77. The van der Waals surface area contributed by atoms with Crippen molar-refractivity contribution in [2.75, 3.05) is 12.3 Å². The SMILES string of the molecule is CCC(C)(O)CNC(=O)c1cc(Cl)c(N)c(Cl)c1. The van der Waals surface area contributed by atoms with Crippen LogP contribution in [0.5, 0.6) is 0 Å². The van der Waals surface area contributed by atoms with Gasteiger partial charge in [0.1, 0.15) is 0 Å². The van der Waals surface area contributed by atoms with Gasteiger partial charge in [-0.25, -0.2) is 0 Å². The van der Waals surface area contributed by atoms with Gasteiger partial charge in [0.2, 0.25) is 0 Å². The second kappa shape index (κ2) is 5.78. The molecule has 0 aliphatic carbocycles. The summed E-state index contributed by atoms with van der Waals surface area (Å²) in [6.45, 7) is 3.64. The molecule has 1 aromatic rings. The number of nitrogen functional groups attached to an aromatic ring is 1. The Morgan fingerprint density at radius 1 is 1.44 bits per heavy atom. The average molecular weight is 291 g/mol. The van der Waals surface area contributed by atoms with Gasteiger partial charge in [-0.1, -0.05) is 30.1 Å². The molecule has 1 aromatic carbocycles. The van der Waals surface area contributed by atoms with Gasteiger partial charge in [-0.2, -0.15) is 0 Å². The standard InChI is InChI=1S/C12H16Cl2N2O2/c1-3-12(2,18)6-16-11(17)7-4-8(13)10(15)9(14)5-7/h4-5,18H,3,6,15H2,1-2H3,(H,16,17). The lowest BCUT2D eigenvalue weighted by Crippen LogP contribution is -2.40. The Kier molecular flexibility index (Phi) is 4.85. The number of halogens is 2. The second-order valence-electron chi connectivity index (χ2n) is 4.39. The first-order chi connectivity index (χ1) is 8.26. The number of anilines is 1. The van der Waals surface area contributed by atoms with Crippen molar-refractivity contribution in [2.24, 2.45) is 0 Å². The van der Waals surface area contributed by atoms with Crippen molar-refractivity contribution in [2.45, 2.75) is 25.9 Å². The monoisotopic (exact) mass is 290 g/mol. The summed E-state index contributed by atoms with van der Waals surface area (Å²) in [5, 5.41) is 12.9. The maximum absolute atomic E-state index is 11.8. The van der Waals surface area contributed by atoms with Crippen molar-refractivity contribution >= 4 is 34.8 Å². The van der Waals surface area contributed by atoms with Crippen LogP contribution in [0.1, 0.15) is 30.6 Å². The van der Waals surface area contributed by atoms with Gasteiger partial charge in [0.15, 0.2) is 0 Å². The van der Waals surface area contributed by atoms with E-state index in [4.69, 9.17) is 28.9 Å². The molecular formula is C12H16Cl2N2O2. The van der Waals surface area contributed by atoms with Crippen LogP contribution >= 0.6 is 23.2 Å². The average Bonchev–Trinajstić information content (AvgIpc) is 2.32. The van der Waals surface area contributed by atoms with Crippen molar-refractivity contribution in [3.63, 3.8) is 0 Å². The van der Waals surface area contributed by atoms with Gasteiger partial charge in [-0.15, -0.1) is 0 Å². The van der Waals surface area contributed by atoms with Gasteiger partial charge in [0.05, 0.1) is 21.3 Å². The molecule has 100 valence electrons. The predicted molar refractivity (Wildman–Crippen MR) is 74.1 cm³/mol. The summed E-state index contributed by atoms with van der Waals surface area (Å²) in [7, 11) is 0. The Bertz CT molecular complexity index is 438. The van der Waals surface area contributed by atoms with E-state index in [2.05, 4.69) is 5.32 Å². The highest BCUT2D eigenvalue weighted by Crippen LogP contribution is 2.28. The number of aliphatic hydroxyl groups is 1. The highest BCUT2D eigenvalue weighted by atomic mass is 35.5. The van der Waals surface area contributed by atoms with Crippen LogP contribution in [0.2, 0.25) is 10.0 Å². The smallest absolute Gasteiger partial charge is 0.251 e. The first-order valence-electron chi connectivity index (χ1n) is 5.52. The molecule has 0 aromatic heterocycles. The lowest BCUT2D eigenvalue weighted by atomic mass is 10.0. The van der Waals surface area contributed by atoms with E-state index in [9.17, 15) is 9.90 Å². The minimum atomic E-state index is -0.933. The van der Waals surface area contributed by atoms with Crippen LogP contribution in [0.25, 0.3) is 0 Å². The van der Waals surface area contributed by atoms with Crippen molar-refractivity contribution in [1.29, 1.82) is 0 Å². The molecule has 6 heteroatoms. The Morgan fingerprint density at radius 2 is 1.94 bits per heavy atom. The Morgan fingerprint density at radius 3 is 2.39 bits per heavy atom. The molecule has 0 fully saturated rings. The molecule has 0 aliphatic rings. The molecule has 1 unspecified atom stereocenters. The van der Waals surface area contributed by atoms with Gasteiger partial charge >= 0.3 is 0 Å². The molecule has 0 aliphatic heterocycles. The number of nitrogens with one attached hydrogen (secondary N) is 1. The summed E-state index contributed by atoms with van der Waals surface area (Å²) in [5.74, 6) is -0.354. The van der Waals surface area contributed by atoms with E-state index in [1.165, 1.54) is 12.1 Å². The second-order valence-corrected chi connectivity index (χ2v) is 5.20. The van der Waals surface area contributed by atoms with Crippen molar-refractivity contribution in [1.82, 2.24) is 5.32 Å². The normalized spacial score (nSPS) is 14.1. The molecule has 0 heterocycles. The Hall–Kier alpha value is -0.970. The molecule has 4 nitrogen and oxygen atoms in total. The van der Waals surface area contributed by atoms with E-state index in [0.717, 1.165) is 0 Å². The van der Waals surface area contributed by atoms with E-state index in [-0.39, 0.29) is 28.2 Å². The summed E-state index contributed by atoms with van der Waals surface area (Å²) in [6, 6.07) is 2.89. The molecule has 1 atom stereocenters. The minimum absolute atomic E-state index is 0.155. The summed E-state index contributed by atoms with van der Waals surface area (Å²) in [4.78, 5) is 11.8. The fraction of sp³-hybridized carbons (Fsp3) is 0.417. The van der Waals surface area contributed by atoms with Crippen molar-refractivity contribution in [3.8, 4) is 0 Å². The highest BCUT2D eigenvalue weighted by molar-refractivity contribution is 6.39. The van der Waals surface area contributed by atoms with Crippen LogP contribution in [0.3, 0.4) is 0 Å². The fourth-order valence-electron chi connectivity index (χ4n) is 1.21. The summed E-state index contributed by atoms with van der Waals surface area (Å²) < 4.78 is 0. The van der Waals surface area contributed by atoms with Gasteiger partial charge in [0, 0.05) is 12.1 Å². The largest absolute Gasteiger partial charge is 0.396 e. The number of hydrogen-bond acceptors (Lipinski definition) is 3. The molecule has 1 amide bonds. The van der Waals surface area contributed by atoms with E-state index in [0.29, 0.717) is 12.0 Å². The summed E-state index contributed by atoms with van der Waals surface area (Å²) >= 11 is 11.7. The van der Waals surface area contributed by atoms with E-state index >= 15 is 0 Å². The number of amides is 1. The molecule has 0 saturated heterocycles. The summed E-state index contributed by atoms with van der Waals surface area (Å²) in [6.07, 6.45) is 0.538. The van der Waals surface area contributed by atoms with E-state index < -0.39 is 5.60 Å². The maximum Gasteiger partial charge on any atom is 0.251 e. The zero-order valence-corrected chi connectivity index (χ0v) is 11.8. The van der Waals surface area contributed by atoms with Crippen LogP contribution in [-0.2, 0) is 0 Å². The van der Waals surface area contributed by atoms with Gasteiger partial charge in [-0.3, -0.25) is 4.79 Å². The zero-order chi connectivity index (χ0) is 13.9. The van der Waals surface area contributed by atoms with Crippen LogP contribution in [0.4, 0.5) is 5.69 Å². The molecule has 4 N–H and O–H groups in total. The first kappa shape index (κ1) is 15.1. The highest BCUT2D eigenvalue weighted by Gasteiger charge is 2.19. The third-order valence-corrected chi connectivity index (χ3v) is 3.36. The Balaban J connectivity index is 2.80.